The number of hydrogen-bond acceptors (Lipinski definition) is 4. The van der Waals surface area contributed by atoms with Crippen molar-refractivity contribution in [3.8, 4) is 0 Å². The molecule has 1 N–H and O–H groups in total. The van der Waals surface area contributed by atoms with Crippen LogP contribution < -0.4 is 9.62 Å². The maximum Gasteiger partial charge on any atom is 0.264 e. The number of carbonyl (C=O) groups is 2. The first-order valence-electron chi connectivity index (χ1n) is 12.7. The van der Waals surface area contributed by atoms with Gasteiger partial charge in [-0.1, -0.05) is 73.5 Å². The standard InChI is InChI=1S/C29H32FN3O4S/c1-22(29(35)31-24-14-8-9-15-24)32(20-23-12-4-2-5-13-23)28(34)21-33(27-19-11-10-18-26(27)30)38(36,37)25-16-6-3-7-17-25/h2-7,10-13,16-19,22,24H,8-9,14-15,20-21H2,1H3,(H,31,35)/t22-/m1/s1. The van der Waals surface area contributed by atoms with Crippen LogP contribution in [0.4, 0.5) is 10.1 Å². The second-order valence-corrected chi connectivity index (χ2v) is 11.3. The molecule has 0 unspecified atom stereocenters. The molecule has 38 heavy (non-hydrogen) atoms. The number of nitrogens with one attached hydrogen (secondary N) is 1. The molecule has 2 amide bonds. The number of rotatable bonds is 10. The lowest BCUT2D eigenvalue weighted by molar-refractivity contribution is -0.139. The van der Waals surface area contributed by atoms with Crippen LogP contribution in [0, 0.1) is 5.82 Å². The van der Waals surface area contributed by atoms with E-state index in [9.17, 15) is 22.4 Å². The first kappa shape index (κ1) is 27.3. The number of hydrogen-bond donors (Lipinski definition) is 1. The van der Waals surface area contributed by atoms with Gasteiger partial charge in [0.25, 0.3) is 10.0 Å². The second kappa shape index (κ2) is 12.2. The Morgan fingerprint density at radius 1 is 0.921 bits per heavy atom. The molecule has 1 saturated carbocycles. The quantitative estimate of drug-likeness (QED) is 0.413. The highest BCUT2D eigenvalue weighted by Crippen LogP contribution is 2.27. The minimum Gasteiger partial charge on any atom is -0.352 e. The van der Waals surface area contributed by atoms with Gasteiger partial charge in [-0.2, -0.15) is 0 Å². The van der Waals surface area contributed by atoms with Gasteiger partial charge >= 0.3 is 0 Å². The number of anilines is 1. The molecule has 1 fully saturated rings. The van der Waals surface area contributed by atoms with Crippen LogP contribution >= 0.6 is 0 Å². The van der Waals surface area contributed by atoms with E-state index in [0.717, 1.165) is 41.6 Å². The van der Waals surface area contributed by atoms with Crippen molar-refractivity contribution in [1.29, 1.82) is 0 Å². The van der Waals surface area contributed by atoms with Crippen molar-refractivity contribution < 1.29 is 22.4 Å². The summed E-state index contributed by atoms with van der Waals surface area (Å²) >= 11 is 0. The fourth-order valence-corrected chi connectivity index (χ4v) is 6.08. The fraction of sp³-hybridized carbons (Fsp3) is 0.310. The Bertz CT molecular complexity index is 1350. The smallest absolute Gasteiger partial charge is 0.264 e. The summed E-state index contributed by atoms with van der Waals surface area (Å²) in [5, 5.41) is 3.03. The second-order valence-electron chi connectivity index (χ2n) is 9.45. The largest absolute Gasteiger partial charge is 0.352 e. The molecule has 1 aliphatic rings. The van der Waals surface area contributed by atoms with E-state index < -0.39 is 34.3 Å². The number of amides is 2. The zero-order chi connectivity index (χ0) is 27.1. The average molecular weight is 538 g/mol. The number of halogens is 1. The summed E-state index contributed by atoms with van der Waals surface area (Å²) in [7, 11) is -4.30. The Morgan fingerprint density at radius 3 is 2.13 bits per heavy atom. The van der Waals surface area contributed by atoms with Crippen LogP contribution in [-0.2, 0) is 26.2 Å². The van der Waals surface area contributed by atoms with Crippen LogP contribution in [0.5, 0.6) is 0 Å². The number of sulfonamides is 1. The molecule has 200 valence electrons. The highest BCUT2D eigenvalue weighted by Gasteiger charge is 2.34. The van der Waals surface area contributed by atoms with Crippen LogP contribution in [0.15, 0.2) is 89.8 Å². The minimum absolute atomic E-state index is 0.0620. The van der Waals surface area contributed by atoms with Gasteiger partial charge in [0, 0.05) is 12.6 Å². The molecule has 0 spiro atoms. The molecule has 7 nitrogen and oxygen atoms in total. The van der Waals surface area contributed by atoms with E-state index in [1.165, 1.54) is 35.2 Å². The van der Waals surface area contributed by atoms with Crippen LogP contribution in [0.1, 0.15) is 38.2 Å². The van der Waals surface area contributed by atoms with Gasteiger partial charge in [-0.15, -0.1) is 0 Å². The van der Waals surface area contributed by atoms with E-state index in [1.54, 1.807) is 25.1 Å². The predicted molar refractivity (Wildman–Crippen MR) is 144 cm³/mol. The summed E-state index contributed by atoms with van der Waals surface area (Å²) in [5.41, 5.74) is 0.539. The Kier molecular flexibility index (Phi) is 8.78. The van der Waals surface area contributed by atoms with Gasteiger partial charge in [-0.3, -0.25) is 13.9 Å². The van der Waals surface area contributed by atoms with Crippen molar-refractivity contribution in [2.75, 3.05) is 10.8 Å². The molecular weight excluding hydrogens is 505 g/mol. The minimum atomic E-state index is -4.30. The Morgan fingerprint density at radius 2 is 1.50 bits per heavy atom. The zero-order valence-electron chi connectivity index (χ0n) is 21.3. The van der Waals surface area contributed by atoms with E-state index >= 15 is 0 Å². The number of carbonyl (C=O) groups excluding carboxylic acids is 2. The van der Waals surface area contributed by atoms with Crippen LogP contribution in [0.2, 0.25) is 0 Å². The summed E-state index contributed by atoms with van der Waals surface area (Å²) in [6.07, 6.45) is 3.87. The van der Waals surface area contributed by atoms with Crippen molar-refractivity contribution >= 4 is 27.5 Å². The van der Waals surface area contributed by atoms with E-state index in [1.807, 2.05) is 30.3 Å². The van der Waals surface area contributed by atoms with Crippen LogP contribution in [0.25, 0.3) is 0 Å². The van der Waals surface area contributed by atoms with Crippen LogP contribution in [0.3, 0.4) is 0 Å². The predicted octanol–water partition coefficient (Wildman–Crippen LogP) is 4.50. The molecule has 0 bridgehead atoms. The van der Waals surface area contributed by atoms with Crippen molar-refractivity contribution in [2.24, 2.45) is 0 Å². The lowest BCUT2D eigenvalue weighted by atomic mass is 10.1. The first-order chi connectivity index (χ1) is 18.3. The van der Waals surface area contributed by atoms with Gasteiger partial charge in [0.05, 0.1) is 10.6 Å². The SMILES string of the molecule is C[C@H](C(=O)NC1CCCC1)N(Cc1ccccc1)C(=O)CN(c1ccccc1F)S(=O)(=O)c1ccccc1. The normalized spacial score (nSPS) is 14.6. The maximum atomic E-state index is 14.9. The Balaban J connectivity index is 1.67. The van der Waals surface area contributed by atoms with E-state index in [4.69, 9.17) is 0 Å². The van der Waals surface area contributed by atoms with Gasteiger partial charge < -0.3 is 10.2 Å². The molecule has 3 aromatic rings. The summed E-state index contributed by atoms with van der Waals surface area (Å²) in [4.78, 5) is 28.3. The first-order valence-corrected chi connectivity index (χ1v) is 14.2. The van der Waals surface area contributed by atoms with E-state index in [2.05, 4.69) is 5.32 Å². The van der Waals surface area contributed by atoms with Crippen molar-refractivity contribution in [1.82, 2.24) is 10.2 Å². The van der Waals surface area contributed by atoms with Gasteiger partial charge in [-0.25, -0.2) is 12.8 Å². The summed E-state index contributed by atoms with van der Waals surface area (Å²) in [6, 6.07) is 21.4. The number of para-hydroxylation sites is 1. The summed E-state index contributed by atoms with van der Waals surface area (Å²) in [6.45, 7) is 1.05. The number of benzene rings is 3. The third kappa shape index (κ3) is 6.39. The highest BCUT2D eigenvalue weighted by molar-refractivity contribution is 7.92. The van der Waals surface area contributed by atoms with Gasteiger partial charge in [0.1, 0.15) is 18.4 Å². The van der Waals surface area contributed by atoms with Gasteiger partial charge in [0.2, 0.25) is 11.8 Å². The van der Waals surface area contributed by atoms with Crippen molar-refractivity contribution in [3.05, 3.63) is 96.3 Å². The molecule has 0 heterocycles. The Labute approximate surface area is 223 Å². The molecule has 0 saturated heterocycles. The lowest BCUT2D eigenvalue weighted by Crippen LogP contribution is -2.52. The monoisotopic (exact) mass is 537 g/mol. The third-order valence-electron chi connectivity index (χ3n) is 6.80. The molecule has 0 aromatic heterocycles. The molecule has 4 rings (SSSR count). The van der Waals surface area contributed by atoms with E-state index in [-0.39, 0.29) is 29.1 Å². The molecule has 1 atom stereocenters. The van der Waals surface area contributed by atoms with Crippen molar-refractivity contribution in [2.45, 2.75) is 56.1 Å². The fourth-order valence-electron chi connectivity index (χ4n) is 4.64. The number of nitrogens with zero attached hydrogens (tertiary/aromatic N) is 2. The molecule has 1 aliphatic carbocycles. The molecule has 3 aromatic carbocycles. The van der Waals surface area contributed by atoms with Gasteiger partial charge in [-0.05, 0) is 49.6 Å². The van der Waals surface area contributed by atoms with Crippen LogP contribution in [-0.4, -0.2) is 43.8 Å². The zero-order valence-corrected chi connectivity index (χ0v) is 22.1. The maximum absolute atomic E-state index is 14.9. The summed E-state index contributed by atoms with van der Waals surface area (Å²) < 4.78 is 43.0. The molecular formula is C29H32FN3O4S. The third-order valence-corrected chi connectivity index (χ3v) is 8.57. The van der Waals surface area contributed by atoms with E-state index in [0.29, 0.717) is 0 Å². The Hall–Kier alpha value is -3.72. The highest BCUT2D eigenvalue weighted by atomic mass is 32.2. The van der Waals surface area contributed by atoms with Gasteiger partial charge in [0.15, 0.2) is 0 Å². The van der Waals surface area contributed by atoms with Crippen molar-refractivity contribution in [3.63, 3.8) is 0 Å². The topological polar surface area (TPSA) is 86.8 Å². The molecule has 0 aliphatic heterocycles. The average Bonchev–Trinajstić information content (AvgIpc) is 3.44. The molecule has 9 heteroatoms. The lowest BCUT2D eigenvalue weighted by Gasteiger charge is -2.32. The summed E-state index contributed by atoms with van der Waals surface area (Å²) in [5.74, 6) is -1.70. The molecule has 0 radical (unpaired) electrons.